The van der Waals surface area contributed by atoms with Gasteiger partial charge < -0.3 is 4.57 Å². The van der Waals surface area contributed by atoms with E-state index in [-0.39, 0.29) is 0 Å². The fraction of sp³-hybridized carbons (Fsp3) is 0.133. The van der Waals surface area contributed by atoms with Gasteiger partial charge in [0, 0.05) is 6.54 Å². The number of hydrogen-bond donors (Lipinski definition) is 1. The number of fused-ring (bicyclic) bond motifs is 1. The van der Waals surface area contributed by atoms with Gasteiger partial charge in [-0.3, -0.25) is 5.32 Å². The highest BCUT2D eigenvalue weighted by molar-refractivity contribution is 7.73. The predicted molar refractivity (Wildman–Crippen MR) is 83.9 cm³/mol. The molecule has 0 aliphatic heterocycles. The summed E-state index contributed by atoms with van der Waals surface area (Å²) in [5.74, 6) is 0. The molecule has 1 aromatic heterocycles. The number of benzene rings is 2. The second-order valence-corrected chi connectivity index (χ2v) is 6.01. The van der Waals surface area contributed by atoms with Gasteiger partial charge in [-0.25, -0.2) is 0 Å². The third-order valence-corrected chi connectivity index (χ3v) is 4.45. The monoisotopic (exact) mass is 286 g/mol. The van der Waals surface area contributed by atoms with Gasteiger partial charge in [-0.1, -0.05) is 42.5 Å². The molecule has 4 heteroatoms. The smallest absolute Gasteiger partial charge is 0.163 e. The van der Waals surface area contributed by atoms with E-state index >= 15 is 0 Å². The first-order chi connectivity index (χ1) is 9.34. The predicted octanol–water partition coefficient (Wildman–Crippen LogP) is 4.18. The molecule has 0 radical (unpaired) electrons. The molecule has 0 aliphatic carbocycles. The number of nitrogens with zero attached hydrogens (tertiary/aromatic N) is 1. The van der Waals surface area contributed by atoms with Crippen LogP contribution in [0.5, 0.6) is 0 Å². The van der Waals surface area contributed by atoms with Crippen LogP contribution in [-0.2, 0) is 13.2 Å². The van der Waals surface area contributed by atoms with Crippen LogP contribution in [0.4, 0.5) is 0 Å². The van der Waals surface area contributed by atoms with Gasteiger partial charge in [0.25, 0.3) is 0 Å². The zero-order valence-electron chi connectivity index (χ0n) is 10.4. The Labute approximate surface area is 121 Å². The molecule has 2 aromatic carbocycles. The first kappa shape index (κ1) is 12.5. The van der Waals surface area contributed by atoms with Crippen LogP contribution in [0, 0.1) is 3.95 Å². The number of thiazole rings is 1. The van der Waals surface area contributed by atoms with Gasteiger partial charge in [-0.15, -0.1) is 11.3 Å². The molecule has 2 nitrogen and oxygen atoms in total. The third kappa shape index (κ3) is 2.76. The van der Waals surface area contributed by atoms with Gasteiger partial charge in [0.15, 0.2) is 3.95 Å². The second kappa shape index (κ2) is 5.65. The van der Waals surface area contributed by atoms with Crippen molar-refractivity contribution in [3.8, 4) is 0 Å². The third-order valence-electron chi connectivity index (χ3n) is 3.02. The average Bonchev–Trinajstić information content (AvgIpc) is 2.76. The summed E-state index contributed by atoms with van der Waals surface area (Å²) >= 11 is 7.09. The van der Waals surface area contributed by atoms with E-state index in [1.807, 2.05) is 6.07 Å². The molecule has 0 saturated heterocycles. The lowest BCUT2D eigenvalue weighted by atomic mass is 10.2. The van der Waals surface area contributed by atoms with E-state index < -0.39 is 0 Å². The maximum atomic E-state index is 5.42. The zero-order valence-corrected chi connectivity index (χ0v) is 12.0. The van der Waals surface area contributed by atoms with Crippen LogP contribution in [-0.4, -0.2) is 4.57 Å². The van der Waals surface area contributed by atoms with Gasteiger partial charge >= 0.3 is 0 Å². The summed E-state index contributed by atoms with van der Waals surface area (Å²) in [5.41, 5.74) is 2.49. The molecule has 0 atom stereocenters. The molecule has 0 fully saturated rings. The Hall–Kier alpha value is -1.49. The topological polar surface area (TPSA) is 17.0 Å². The van der Waals surface area contributed by atoms with Crippen molar-refractivity contribution in [2.75, 3.05) is 0 Å². The first-order valence-electron chi connectivity index (χ1n) is 6.17. The molecule has 3 rings (SSSR count). The van der Waals surface area contributed by atoms with E-state index in [2.05, 4.69) is 58.4 Å². The summed E-state index contributed by atoms with van der Waals surface area (Å²) < 4.78 is 4.31. The van der Waals surface area contributed by atoms with Crippen LogP contribution in [0.1, 0.15) is 5.56 Å². The lowest BCUT2D eigenvalue weighted by Gasteiger charge is -2.07. The Morgan fingerprint density at radius 1 is 1.00 bits per heavy atom. The molecule has 0 bridgehead atoms. The SMILES string of the molecule is S=c1sc2ccccc2n1CNCc1ccccc1. The highest BCUT2D eigenvalue weighted by atomic mass is 32.1. The van der Waals surface area contributed by atoms with Gasteiger partial charge in [-0.05, 0) is 29.9 Å². The van der Waals surface area contributed by atoms with E-state index in [4.69, 9.17) is 12.2 Å². The summed E-state index contributed by atoms with van der Waals surface area (Å²) in [5, 5.41) is 3.44. The van der Waals surface area contributed by atoms with Gasteiger partial charge in [-0.2, -0.15) is 0 Å². The van der Waals surface area contributed by atoms with Crippen molar-refractivity contribution in [1.29, 1.82) is 0 Å². The van der Waals surface area contributed by atoms with Crippen molar-refractivity contribution in [3.63, 3.8) is 0 Å². The van der Waals surface area contributed by atoms with Crippen LogP contribution in [0.3, 0.4) is 0 Å². The van der Waals surface area contributed by atoms with Crippen LogP contribution in [0.2, 0.25) is 0 Å². The fourth-order valence-corrected chi connectivity index (χ4v) is 3.39. The van der Waals surface area contributed by atoms with Crippen molar-refractivity contribution in [1.82, 2.24) is 9.88 Å². The van der Waals surface area contributed by atoms with E-state index in [9.17, 15) is 0 Å². The number of para-hydroxylation sites is 1. The number of nitrogens with one attached hydrogen (secondary N) is 1. The van der Waals surface area contributed by atoms with Crippen molar-refractivity contribution < 1.29 is 0 Å². The van der Waals surface area contributed by atoms with Crippen molar-refractivity contribution in [3.05, 3.63) is 64.1 Å². The minimum atomic E-state index is 0.748. The van der Waals surface area contributed by atoms with Crippen molar-refractivity contribution in [2.24, 2.45) is 0 Å². The minimum Gasteiger partial charge on any atom is -0.310 e. The van der Waals surface area contributed by atoms with Crippen LogP contribution in [0.15, 0.2) is 54.6 Å². The van der Waals surface area contributed by atoms with E-state index in [0.717, 1.165) is 17.2 Å². The van der Waals surface area contributed by atoms with Crippen molar-refractivity contribution >= 4 is 33.8 Å². The Bertz CT molecular complexity index is 728. The van der Waals surface area contributed by atoms with Gasteiger partial charge in [0.1, 0.15) is 0 Å². The molecule has 0 aliphatic rings. The second-order valence-electron chi connectivity index (χ2n) is 4.33. The normalized spacial score (nSPS) is 10.9. The minimum absolute atomic E-state index is 0.748. The van der Waals surface area contributed by atoms with Gasteiger partial charge in [0.05, 0.1) is 16.9 Å². The maximum Gasteiger partial charge on any atom is 0.163 e. The molecule has 0 amide bonds. The van der Waals surface area contributed by atoms with Crippen LogP contribution < -0.4 is 5.32 Å². The summed E-state index contributed by atoms with van der Waals surface area (Å²) in [7, 11) is 0. The summed E-state index contributed by atoms with van der Waals surface area (Å²) in [4.78, 5) is 0. The van der Waals surface area contributed by atoms with Crippen LogP contribution in [0.25, 0.3) is 10.2 Å². The van der Waals surface area contributed by atoms with Crippen LogP contribution >= 0.6 is 23.6 Å². The number of rotatable bonds is 4. The largest absolute Gasteiger partial charge is 0.310 e. The molecule has 19 heavy (non-hydrogen) atoms. The number of hydrogen-bond acceptors (Lipinski definition) is 3. The fourth-order valence-electron chi connectivity index (χ4n) is 2.07. The lowest BCUT2D eigenvalue weighted by Crippen LogP contribution is -2.17. The highest BCUT2D eigenvalue weighted by Crippen LogP contribution is 2.22. The zero-order chi connectivity index (χ0) is 13.1. The molecule has 96 valence electrons. The van der Waals surface area contributed by atoms with E-state index in [1.165, 1.54) is 15.8 Å². The molecular formula is C15H14N2S2. The first-order valence-corrected chi connectivity index (χ1v) is 7.40. The molecule has 0 saturated carbocycles. The van der Waals surface area contributed by atoms with Gasteiger partial charge in [0.2, 0.25) is 0 Å². The van der Waals surface area contributed by atoms with Crippen molar-refractivity contribution in [2.45, 2.75) is 13.2 Å². The Kier molecular flexibility index (Phi) is 3.73. The summed E-state index contributed by atoms with van der Waals surface area (Å²) in [6.45, 7) is 1.60. The summed E-state index contributed by atoms with van der Waals surface area (Å²) in [6, 6.07) is 18.7. The average molecular weight is 286 g/mol. The Morgan fingerprint density at radius 3 is 2.58 bits per heavy atom. The lowest BCUT2D eigenvalue weighted by molar-refractivity contribution is 0.569. The Morgan fingerprint density at radius 2 is 1.74 bits per heavy atom. The molecule has 0 unspecified atom stereocenters. The molecule has 0 spiro atoms. The molecule has 1 N–H and O–H groups in total. The van der Waals surface area contributed by atoms with E-state index in [1.54, 1.807) is 11.3 Å². The molecule has 3 aromatic rings. The summed E-state index contributed by atoms with van der Waals surface area (Å²) in [6.07, 6.45) is 0. The standard InChI is InChI=1S/C15H14N2S2/c18-15-17(13-8-4-5-9-14(13)19-15)11-16-10-12-6-2-1-3-7-12/h1-9,16H,10-11H2. The molecule has 1 heterocycles. The molecular weight excluding hydrogens is 272 g/mol. The maximum absolute atomic E-state index is 5.42. The quantitative estimate of drug-likeness (QED) is 0.725. The van der Waals surface area contributed by atoms with E-state index in [0.29, 0.717) is 0 Å². The highest BCUT2D eigenvalue weighted by Gasteiger charge is 2.03. The Balaban J connectivity index is 1.75. The number of aromatic nitrogens is 1.